The van der Waals surface area contributed by atoms with Gasteiger partial charge in [-0.1, -0.05) is 42.3 Å². The molecule has 0 spiro atoms. The van der Waals surface area contributed by atoms with Gasteiger partial charge in [-0.2, -0.15) is 0 Å². The molecule has 7 nitrogen and oxygen atoms in total. The summed E-state index contributed by atoms with van der Waals surface area (Å²) < 4.78 is 25.8. The van der Waals surface area contributed by atoms with Gasteiger partial charge in [0.25, 0.3) is 0 Å². The van der Waals surface area contributed by atoms with Crippen molar-refractivity contribution in [3.8, 4) is 5.69 Å². The Kier molecular flexibility index (Phi) is 6.41. The minimum Gasteiger partial charge on any atom is -0.335 e. The molecule has 2 fully saturated rings. The van der Waals surface area contributed by atoms with Gasteiger partial charge in [-0.3, -0.25) is 9.36 Å². The largest absolute Gasteiger partial charge is 0.335 e. The number of hydrogen-bond acceptors (Lipinski definition) is 6. The Balaban J connectivity index is 1.49. The third kappa shape index (κ3) is 4.68. The van der Waals surface area contributed by atoms with Crippen LogP contribution in [0.5, 0.6) is 0 Å². The van der Waals surface area contributed by atoms with E-state index in [-0.39, 0.29) is 35.2 Å². The highest BCUT2D eigenvalue weighted by Crippen LogP contribution is 2.31. The van der Waals surface area contributed by atoms with Crippen molar-refractivity contribution in [2.45, 2.75) is 56.3 Å². The molecule has 1 aromatic carbocycles. The molecular formula is C20H25ClN4O3S2. The molecule has 0 bridgehead atoms. The fourth-order valence-electron chi connectivity index (χ4n) is 4.31. The van der Waals surface area contributed by atoms with E-state index in [9.17, 15) is 13.2 Å². The van der Waals surface area contributed by atoms with Gasteiger partial charge in [0.1, 0.15) is 6.33 Å². The summed E-state index contributed by atoms with van der Waals surface area (Å²) in [6.45, 7) is 1.94. The van der Waals surface area contributed by atoms with Crippen molar-refractivity contribution in [1.29, 1.82) is 0 Å². The number of aryl methyl sites for hydroxylation is 1. The first-order valence-corrected chi connectivity index (χ1v) is 13.3. The molecule has 0 radical (unpaired) electrons. The number of sulfone groups is 1. The third-order valence-corrected chi connectivity index (χ3v) is 8.97. The fourth-order valence-corrected chi connectivity index (χ4v) is 7.00. The van der Waals surface area contributed by atoms with Crippen LogP contribution in [0.4, 0.5) is 0 Å². The molecule has 1 saturated heterocycles. The number of aromatic nitrogens is 3. The lowest BCUT2D eigenvalue weighted by Crippen LogP contribution is -2.47. The van der Waals surface area contributed by atoms with Crippen LogP contribution >= 0.6 is 23.4 Å². The standard InChI is InChI=1S/C20H25ClN4O3S2/c1-14-6-7-16(10-18(14)21)24-13-22-23-20(24)29-11-19(26)25(15-4-2-3-5-15)17-8-9-30(27,28)12-17/h6-7,10,13,15,17H,2-5,8-9,11-12H2,1H3/t17-/m1/s1. The number of rotatable bonds is 6. The predicted octanol–water partition coefficient (Wildman–Crippen LogP) is 3.28. The van der Waals surface area contributed by atoms with E-state index in [0.29, 0.717) is 16.6 Å². The van der Waals surface area contributed by atoms with Crippen LogP contribution in [0.15, 0.2) is 29.7 Å². The van der Waals surface area contributed by atoms with E-state index >= 15 is 0 Å². The zero-order chi connectivity index (χ0) is 21.3. The SMILES string of the molecule is Cc1ccc(-n2cnnc2SCC(=O)N(C2CCCC2)[C@@H]2CCS(=O)(=O)C2)cc1Cl. The molecule has 4 rings (SSSR count). The third-order valence-electron chi connectivity index (χ3n) is 5.88. The summed E-state index contributed by atoms with van der Waals surface area (Å²) in [5.74, 6) is 0.429. The molecule has 10 heteroatoms. The van der Waals surface area contributed by atoms with E-state index < -0.39 is 9.84 Å². The summed E-state index contributed by atoms with van der Waals surface area (Å²) in [6.07, 6.45) is 6.21. The highest BCUT2D eigenvalue weighted by molar-refractivity contribution is 7.99. The van der Waals surface area contributed by atoms with Crippen LogP contribution in [0, 0.1) is 6.92 Å². The minimum atomic E-state index is -3.05. The Morgan fingerprint density at radius 3 is 2.70 bits per heavy atom. The lowest BCUT2D eigenvalue weighted by atomic mass is 10.1. The molecule has 30 heavy (non-hydrogen) atoms. The molecule has 1 saturated carbocycles. The lowest BCUT2D eigenvalue weighted by molar-refractivity contribution is -0.132. The Labute approximate surface area is 186 Å². The first-order valence-electron chi connectivity index (χ1n) is 10.1. The number of hydrogen-bond donors (Lipinski definition) is 0. The highest BCUT2D eigenvalue weighted by Gasteiger charge is 2.38. The van der Waals surface area contributed by atoms with E-state index in [4.69, 9.17) is 11.6 Å². The predicted molar refractivity (Wildman–Crippen MR) is 118 cm³/mol. The zero-order valence-electron chi connectivity index (χ0n) is 16.8. The summed E-state index contributed by atoms with van der Waals surface area (Å²) in [7, 11) is -3.05. The number of halogens is 1. The molecule has 1 aromatic heterocycles. The molecule has 1 amide bonds. The Morgan fingerprint density at radius 1 is 1.27 bits per heavy atom. The summed E-state index contributed by atoms with van der Waals surface area (Å²) in [5.41, 5.74) is 1.82. The summed E-state index contributed by atoms with van der Waals surface area (Å²) in [4.78, 5) is 15.1. The quantitative estimate of drug-likeness (QED) is 0.605. The fraction of sp³-hybridized carbons (Fsp3) is 0.550. The number of carbonyl (C=O) groups excluding carboxylic acids is 1. The molecule has 0 unspecified atom stereocenters. The maximum atomic E-state index is 13.2. The number of benzene rings is 1. The topological polar surface area (TPSA) is 85.2 Å². The second-order valence-corrected chi connectivity index (χ2v) is 11.6. The zero-order valence-corrected chi connectivity index (χ0v) is 19.2. The van der Waals surface area contributed by atoms with Gasteiger partial charge in [0.15, 0.2) is 15.0 Å². The van der Waals surface area contributed by atoms with Crippen molar-refractivity contribution in [2.24, 2.45) is 0 Å². The average molecular weight is 469 g/mol. The minimum absolute atomic E-state index is 0.0227. The Hall–Kier alpha value is -1.58. The van der Waals surface area contributed by atoms with Gasteiger partial charge in [0.05, 0.1) is 22.9 Å². The number of carbonyl (C=O) groups is 1. The first-order chi connectivity index (χ1) is 14.3. The molecule has 1 aliphatic carbocycles. The van der Waals surface area contributed by atoms with Crippen LogP contribution in [-0.4, -0.2) is 63.3 Å². The van der Waals surface area contributed by atoms with Crippen molar-refractivity contribution in [3.63, 3.8) is 0 Å². The van der Waals surface area contributed by atoms with Gasteiger partial charge in [-0.25, -0.2) is 8.42 Å². The summed E-state index contributed by atoms with van der Waals surface area (Å²) in [6, 6.07) is 5.65. The monoisotopic (exact) mass is 468 g/mol. The van der Waals surface area contributed by atoms with Gasteiger partial charge in [-0.05, 0) is 43.9 Å². The highest BCUT2D eigenvalue weighted by atomic mass is 35.5. The number of thioether (sulfide) groups is 1. The van der Waals surface area contributed by atoms with Crippen LogP contribution in [0.25, 0.3) is 5.69 Å². The Bertz CT molecular complexity index is 1030. The smallest absolute Gasteiger partial charge is 0.233 e. The van der Waals surface area contributed by atoms with E-state index in [1.165, 1.54) is 11.8 Å². The second-order valence-electron chi connectivity index (χ2n) is 8.00. The van der Waals surface area contributed by atoms with Crippen molar-refractivity contribution >= 4 is 39.1 Å². The van der Waals surface area contributed by atoms with E-state index in [0.717, 1.165) is 36.9 Å². The summed E-state index contributed by atoms with van der Waals surface area (Å²) in [5, 5.41) is 9.41. The van der Waals surface area contributed by atoms with Gasteiger partial charge in [0, 0.05) is 17.1 Å². The van der Waals surface area contributed by atoms with Gasteiger partial charge in [0.2, 0.25) is 5.91 Å². The molecule has 162 valence electrons. The molecule has 2 aromatic rings. The molecular weight excluding hydrogens is 444 g/mol. The summed E-state index contributed by atoms with van der Waals surface area (Å²) >= 11 is 7.57. The average Bonchev–Trinajstić information content (AvgIpc) is 3.44. The van der Waals surface area contributed by atoms with Crippen molar-refractivity contribution in [1.82, 2.24) is 19.7 Å². The first kappa shape index (κ1) is 21.6. The van der Waals surface area contributed by atoms with Crippen molar-refractivity contribution in [2.75, 3.05) is 17.3 Å². The molecule has 1 aliphatic heterocycles. The van der Waals surface area contributed by atoms with Crippen LogP contribution in [-0.2, 0) is 14.6 Å². The van der Waals surface area contributed by atoms with Gasteiger partial charge >= 0.3 is 0 Å². The van der Waals surface area contributed by atoms with Gasteiger partial charge < -0.3 is 4.90 Å². The van der Waals surface area contributed by atoms with E-state index in [1.807, 2.05) is 34.6 Å². The number of amides is 1. The van der Waals surface area contributed by atoms with Crippen LogP contribution in [0.1, 0.15) is 37.7 Å². The molecule has 2 heterocycles. The maximum absolute atomic E-state index is 13.2. The van der Waals surface area contributed by atoms with E-state index in [2.05, 4.69) is 10.2 Å². The van der Waals surface area contributed by atoms with Crippen LogP contribution in [0.2, 0.25) is 5.02 Å². The van der Waals surface area contributed by atoms with Crippen molar-refractivity contribution < 1.29 is 13.2 Å². The molecule has 0 N–H and O–H groups in total. The normalized spacial score (nSPS) is 21.2. The van der Waals surface area contributed by atoms with Crippen molar-refractivity contribution in [3.05, 3.63) is 35.1 Å². The second kappa shape index (κ2) is 8.88. The van der Waals surface area contributed by atoms with Crippen LogP contribution < -0.4 is 0 Å². The van der Waals surface area contributed by atoms with Gasteiger partial charge in [-0.15, -0.1) is 10.2 Å². The Morgan fingerprint density at radius 2 is 2.03 bits per heavy atom. The molecule has 2 aliphatic rings. The van der Waals surface area contributed by atoms with E-state index in [1.54, 1.807) is 6.33 Å². The molecule has 1 atom stereocenters. The number of nitrogens with zero attached hydrogens (tertiary/aromatic N) is 4. The van der Waals surface area contributed by atoms with Crippen LogP contribution in [0.3, 0.4) is 0 Å². The lowest BCUT2D eigenvalue weighted by Gasteiger charge is -2.34. The maximum Gasteiger partial charge on any atom is 0.233 e.